The molecule has 14 heavy (non-hydrogen) atoms. The Labute approximate surface area is 84.2 Å². The molecule has 0 aliphatic rings. The Morgan fingerprint density at radius 1 is 1.57 bits per heavy atom. The zero-order valence-electron chi connectivity index (χ0n) is 9.15. The van der Waals surface area contributed by atoms with Crippen LogP contribution in [0.25, 0.3) is 0 Å². The van der Waals surface area contributed by atoms with Gasteiger partial charge in [0, 0.05) is 19.2 Å². The van der Waals surface area contributed by atoms with E-state index < -0.39 is 11.7 Å². The molecule has 4 nitrogen and oxygen atoms in total. The van der Waals surface area contributed by atoms with Gasteiger partial charge in [0.05, 0.1) is 17.4 Å². The highest BCUT2D eigenvalue weighted by Crippen LogP contribution is 2.14. The summed E-state index contributed by atoms with van der Waals surface area (Å²) in [6, 6.07) is 1.91. The van der Waals surface area contributed by atoms with Crippen LogP contribution in [-0.2, 0) is 13.5 Å². The molecule has 1 atom stereocenters. The lowest BCUT2D eigenvalue weighted by molar-refractivity contribution is -0.0476. The van der Waals surface area contributed by atoms with Gasteiger partial charge in [-0.2, -0.15) is 5.10 Å². The number of nitrogens with zero attached hydrogens (tertiary/aromatic N) is 2. The minimum atomic E-state index is -1.07. The molecule has 0 aliphatic heterocycles. The summed E-state index contributed by atoms with van der Waals surface area (Å²) in [4.78, 5) is 0. The molecule has 80 valence electrons. The molecule has 1 aromatic rings. The van der Waals surface area contributed by atoms with E-state index in [1.54, 1.807) is 18.5 Å². The van der Waals surface area contributed by atoms with Crippen molar-refractivity contribution in [2.24, 2.45) is 7.05 Å². The zero-order valence-corrected chi connectivity index (χ0v) is 9.15. The Morgan fingerprint density at radius 2 is 2.14 bits per heavy atom. The molecule has 0 bridgehead atoms. The lowest BCUT2D eigenvalue weighted by Gasteiger charge is -2.24. The van der Waals surface area contributed by atoms with Crippen molar-refractivity contribution < 1.29 is 10.2 Å². The van der Waals surface area contributed by atoms with Crippen molar-refractivity contribution in [2.75, 3.05) is 0 Å². The Kier molecular flexibility index (Phi) is 2.97. The number of hydrogen-bond acceptors (Lipinski definition) is 3. The molecule has 1 rings (SSSR count). The minimum Gasteiger partial charge on any atom is -0.390 e. The Bertz CT molecular complexity index is 312. The third-order valence-corrected chi connectivity index (χ3v) is 2.32. The highest BCUT2D eigenvalue weighted by molar-refractivity contribution is 5.10. The van der Waals surface area contributed by atoms with Gasteiger partial charge in [0.25, 0.3) is 0 Å². The minimum absolute atomic E-state index is 0.418. The molecule has 0 fully saturated rings. The standard InChI is InChI=1S/C10H18N2O2/c1-7-5-8(12(4)11-7)6-9(13)10(2,3)14/h5,9,13-14H,6H2,1-4H3. The summed E-state index contributed by atoms with van der Waals surface area (Å²) in [5, 5.41) is 23.4. The normalized spacial score (nSPS) is 14.4. The predicted molar refractivity (Wildman–Crippen MR) is 54.0 cm³/mol. The first-order valence-corrected chi connectivity index (χ1v) is 4.70. The van der Waals surface area contributed by atoms with Crippen LogP contribution in [0.15, 0.2) is 6.07 Å². The van der Waals surface area contributed by atoms with Crippen LogP contribution in [0, 0.1) is 6.92 Å². The molecule has 1 aromatic heterocycles. The highest BCUT2D eigenvalue weighted by atomic mass is 16.3. The maximum absolute atomic E-state index is 9.68. The Hall–Kier alpha value is -0.870. The van der Waals surface area contributed by atoms with E-state index in [4.69, 9.17) is 0 Å². The molecule has 0 amide bonds. The second kappa shape index (κ2) is 3.71. The molecule has 0 aromatic carbocycles. The topological polar surface area (TPSA) is 58.3 Å². The first-order valence-electron chi connectivity index (χ1n) is 4.70. The van der Waals surface area contributed by atoms with E-state index in [-0.39, 0.29) is 0 Å². The smallest absolute Gasteiger partial charge is 0.0876 e. The largest absolute Gasteiger partial charge is 0.390 e. The van der Waals surface area contributed by atoms with Crippen molar-refractivity contribution in [3.63, 3.8) is 0 Å². The average Bonchev–Trinajstić information content (AvgIpc) is 2.28. The summed E-state index contributed by atoms with van der Waals surface area (Å²) in [5.41, 5.74) is 0.778. The van der Waals surface area contributed by atoms with Crippen molar-refractivity contribution in [1.82, 2.24) is 9.78 Å². The van der Waals surface area contributed by atoms with E-state index in [1.807, 2.05) is 20.0 Å². The molecule has 1 heterocycles. The van der Waals surface area contributed by atoms with Crippen LogP contribution in [0.5, 0.6) is 0 Å². The van der Waals surface area contributed by atoms with Crippen molar-refractivity contribution >= 4 is 0 Å². The van der Waals surface area contributed by atoms with Crippen LogP contribution < -0.4 is 0 Å². The van der Waals surface area contributed by atoms with Gasteiger partial charge in [-0.15, -0.1) is 0 Å². The number of aliphatic hydroxyl groups excluding tert-OH is 1. The number of aromatic nitrogens is 2. The maximum Gasteiger partial charge on any atom is 0.0876 e. The first-order chi connectivity index (χ1) is 6.30. The van der Waals surface area contributed by atoms with Crippen LogP contribution in [0.1, 0.15) is 25.2 Å². The summed E-state index contributed by atoms with van der Waals surface area (Å²) in [6.07, 6.45) is -0.349. The molecular formula is C10H18N2O2. The SMILES string of the molecule is Cc1cc(CC(O)C(C)(C)O)n(C)n1. The van der Waals surface area contributed by atoms with Gasteiger partial charge < -0.3 is 10.2 Å². The third-order valence-electron chi connectivity index (χ3n) is 2.32. The molecule has 0 aliphatic carbocycles. The third kappa shape index (κ3) is 2.56. The van der Waals surface area contributed by atoms with E-state index in [2.05, 4.69) is 5.10 Å². The molecule has 1 unspecified atom stereocenters. The molecule has 0 radical (unpaired) electrons. The van der Waals surface area contributed by atoms with Gasteiger partial charge in [-0.25, -0.2) is 0 Å². The quantitative estimate of drug-likeness (QED) is 0.739. The fourth-order valence-electron chi connectivity index (χ4n) is 1.30. The Balaban J connectivity index is 2.74. The van der Waals surface area contributed by atoms with Gasteiger partial charge in [0.2, 0.25) is 0 Å². The van der Waals surface area contributed by atoms with Crippen molar-refractivity contribution in [3.05, 3.63) is 17.5 Å². The van der Waals surface area contributed by atoms with E-state index in [0.29, 0.717) is 6.42 Å². The molecule has 0 spiro atoms. The fraction of sp³-hybridized carbons (Fsp3) is 0.700. The monoisotopic (exact) mass is 198 g/mol. The summed E-state index contributed by atoms with van der Waals surface area (Å²) in [5.74, 6) is 0. The maximum atomic E-state index is 9.68. The average molecular weight is 198 g/mol. The number of rotatable bonds is 3. The van der Waals surface area contributed by atoms with E-state index in [1.165, 1.54) is 0 Å². The molecule has 2 N–H and O–H groups in total. The van der Waals surface area contributed by atoms with Crippen molar-refractivity contribution in [3.8, 4) is 0 Å². The van der Waals surface area contributed by atoms with Gasteiger partial charge in [0.15, 0.2) is 0 Å². The van der Waals surface area contributed by atoms with Gasteiger partial charge in [-0.1, -0.05) is 0 Å². The Morgan fingerprint density at radius 3 is 2.50 bits per heavy atom. The van der Waals surface area contributed by atoms with Gasteiger partial charge in [-0.3, -0.25) is 4.68 Å². The van der Waals surface area contributed by atoms with Crippen LogP contribution in [0.2, 0.25) is 0 Å². The van der Waals surface area contributed by atoms with Crippen LogP contribution in [-0.4, -0.2) is 31.7 Å². The molecule has 4 heteroatoms. The number of aryl methyl sites for hydroxylation is 2. The summed E-state index contributed by atoms with van der Waals surface area (Å²) >= 11 is 0. The second-order valence-electron chi connectivity index (χ2n) is 4.27. The number of hydrogen-bond donors (Lipinski definition) is 2. The zero-order chi connectivity index (χ0) is 10.9. The summed E-state index contributed by atoms with van der Waals surface area (Å²) < 4.78 is 1.73. The molecule has 0 saturated carbocycles. The highest BCUT2D eigenvalue weighted by Gasteiger charge is 2.25. The summed E-state index contributed by atoms with van der Waals surface area (Å²) in [7, 11) is 1.83. The van der Waals surface area contributed by atoms with Crippen LogP contribution in [0.4, 0.5) is 0 Å². The van der Waals surface area contributed by atoms with Crippen LogP contribution in [0.3, 0.4) is 0 Å². The fourth-order valence-corrected chi connectivity index (χ4v) is 1.30. The predicted octanol–water partition coefficient (Wildman–Crippen LogP) is 0.403. The first kappa shape index (κ1) is 11.2. The molecular weight excluding hydrogens is 180 g/mol. The van der Waals surface area contributed by atoms with E-state index >= 15 is 0 Å². The van der Waals surface area contributed by atoms with Gasteiger partial charge >= 0.3 is 0 Å². The van der Waals surface area contributed by atoms with Crippen molar-refractivity contribution in [2.45, 2.75) is 38.9 Å². The second-order valence-corrected chi connectivity index (χ2v) is 4.27. The summed E-state index contributed by atoms with van der Waals surface area (Å²) in [6.45, 7) is 5.10. The number of aliphatic hydroxyl groups is 2. The van der Waals surface area contributed by atoms with E-state index in [0.717, 1.165) is 11.4 Å². The lowest BCUT2D eigenvalue weighted by Crippen LogP contribution is -2.37. The van der Waals surface area contributed by atoms with E-state index in [9.17, 15) is 10.2 Å². The van der Waals surface area contributed by atoms with Crippen molar-refractivity contribution in [1.29, 1.82) is 0 Å². The lowest BCUT2D eigenvalue weighted by atomic mass is 9.98. The van der Waals surface area contributed by atoms with Crippen LogP contribution >= 0.6 is 0 Å². The van der Waals surface area contributed by atoms with Gasteiger partial charge in [-0.05, 0) is 26.8 Å². The van der Waals surface area contributed by atoms with Gasteiger partial charge in [0.1, 0.15) is 0 Å². The molecule has 0 saturated heterocycles.